The maximum atomic E-state index is 14.2. The Hall–Kier alpha value is -11.1. The average molecular weight is 1330 g/mol. The zero-order valence-corrected chi connectivity index (χ0v) is 52.1. The van der Waals surface area contributed by atoms with Crippen LogP contribution in [0.2, 0.25) is 5.02 Å². The van der Waals surface area contributed by atoms with Gasteiger partial charge in [-0.2, -0.15) is 37.5 Å². The maximum absolute atomic E-state index is 14.2. The second kappa shape index (κ2) is 29.7. The fraction of sp³-hybridized carbons (Fsp3) is 0.200. The van der Waals surface area contributed by atoms with Crippen LogP contribution in [0.15, 0.2) is 176 Å². The van der Waals surface area contributed by atoms with Crippen LogP contribution in [0.5, 0.6) is 23.0 Å². The third-order valence-corrected chi connectivity index (χ3v) is 14.2. The van der Waals surface area contributed by atoms with E-state index < -0.39 is 17.2 Å². The van der Waals surface area contributed by atoms with Gasteiger partial charge in [0.05, 0.1) is 69.8 Å². The average Bonchev–Trinajstić information content (AvgIpc) is 1.86. The number of aryl methyl sites for hydroxylation is 8. The Balaban J connectivity index is 0.000000149. The molecule has 0 saturated carbocycles. The Bertz CT molecular complexity index is 4630. The maximum Gasteiger partial charge on any atom is 0.368 e. The summed E-state index contributed by atoms with van der Waals surface area (Å²) in [6.07, 6.45) is 11.7. The van der Waals surface area contributed by atoms with E-state index in [1.54, 1.807) is 111 Å². The third-order valence-electron chi connectivity index (χ3n) is 13.2. The molecular weight excluding hydrogens is 1260 g/mol. The van der Waals surface area contributed by atoms with E-state index in [2.05, 4.69) is 77.6 Å². The van der Waals surface area contributed by atoms with Crippen molar-refractivity contribution in [3.8, 4) is 45.7 Å². The lowest BCUT2D eigenvalue weighted by Crippen LogP contribution is -2.23. The van der Waals surface area contributed by atoms with Crippen LogP contribution in [0.4, 0.5) is 4.39 Å². The van der Waals surface area contributed by atoms with Gasteiger partial charge in [0, 0.05) is 67.9 Å². The summed E-state index contributed by atoms with van der Waals surface area (Å²) in [5, 5.41) is 30.3. The van der Waals surface area contributed by atoms with Gasteiger partial charge in [0.25, 0.3) is 0 Å². The van der Waals surface area contributed by atoms with Crippen LogP contribution in [0.1, 0.15) is 50.0 Å². The van der Waals surface area contributed by atoms with Gasteiger partial charge in [0.1, 0.15) is 55.2 Å². The summed E-state index contributed by atoms with van der Waals surface area (Å²) in [4.78, 5) is 64.0. The molecule has 0 bridgehead atoms. The van der Waals surface area contributed by atoms with Crippen LogP contribution < -0.4 is 41.7 Å². The lowest BCUT2D eigenvalue weighted by Gasteiger charge is -2.12. The summed E-state index contributed by atoms with van der Waals surface area (Å²) in [5.74, 6) is 1.92. The first-order valence-corrected chi connectivity index (χ1v) is 28.2. The van der Waals surface area contributed by atoms with Crippen LogP contribution >= 0.6 is 27.5 Å². The number of nitrogens with zero attached hydrogens (tertiary/aromatic N) is 20. The molecule has 0 amide bonds. The third kappa shape index (κ3) is 15.4. The highest BCUT2D eigenvalue weighted by Gasteiger charge is 2.20. The van der Waals surface area contributed by atoms with E-state index in [1.807, 2.05) is 20.8 Å². The number of tetrazole rings is 4. The molecule has 0 N–H and O–H groups in total. The molecule has 12 aromatic rings. The van der Waals surface area contributed by atoms with Crippen LogP contribution in [0, 0.1) is 33.5 Å². The first kappa shape index (κ1) is 58.9. The standard InChI is InChI=1S/C15H14BrN5O2.C15H14ClN5O2.C15H14FN5O2.C15H15N5O2/c3*1-10-5-3-4-6-14(10)23-9-11-12(16)7-17-8-13(11)21-15(22)20(2)18-19-21;1-11-5-3-4-6-14(11)22-10-12-7-8-16-9-13(12)20-15(21)19(2)17-18-20/h3*3-8H,9H2,1-2H3;3-9H,10H2,1-2H3/i4*3T. The minimum Gasteiger partial charge on any atom is -0.489 e. The van der Waals surface area contributed by atoms with E-state index in [-0.39, 0.29) is 49.1 Å². The van der Waals surface area contributed by atoms with Crippen molar-refractivity contribution in [3.05, 3.63) is 254 Å². The molecule has 0 unspecified atom stereocenters. The number of halogens is 3. The monoisotopic (exact) mass is 1330 g/mol. The van der Waals surface area contributed by atoms with Gasteiger partial charge in [-0.05, 0) is 138 Å². The number of hydrogen-bond donors (Lipinski definition) is 0. The number of benzene rings is 4. The van der Waals surface area contributed by atoms with Gasteiger partial charge in [0.2, 0.25) is 0 Å². The molecule has 0 spiro atoms. The highest BCUT2D eigenvalue weighted by Crippen LogP contribution is 2.28. The van der Waals surface area contributed by atoms with Crippen LogP contribution in [0.25, 0.3) is 22.7 Å². The molecule has 0 aliphatic carbocycles. The van der Waals surface area contributed by atoms with Gasteiger partial charge in [-0.3, -0.25) is 19.9 Å². The SMILES string of the molecule is [3H]c1ccc(OCc2c(Br)cncc2-n2nnn(C)c2=O)c(C)c1.[3H]c1ccc(OCc2c(Cl)cncc2-n2nnn(C)c2=O)c(C)c1.[3H]c1ccc(OCc2c(F)cncc2-n2nnn(C)c2=O)c(C)c1.[3H]c1ccc(OCc2ccncc2-n2nnn(C)c2=O)c(C)c1. The number of pyridine rings is 4. The van der Waals surface area contributed by atoms with Gasteiger partial charge in [-0.15, -0.1) is 0 Å². The van der Waals surface area contributed by atoms with Gasteiger partial charge in [-0.1, -0.05) is 84.3 Å². The molecule has 0 atom stereocenters. The number of aromatic nitrogens is 20. The molecule has 466 valence electrons. The summed E-state index contributed by atoms with van der Waals surface area (Å²) in [5.41, 5.74) is 5.50. The normalized spacial score (nSPS) is 11.3. The topological polar surface area (TPSA) is 299 Å². The van der Waals surface area contributed by atoms with E-state index in [9.17, 15) is 23.6 Å². The molecule has 8 aromatic heterocycles. The van der Waals surface area contributed by atoms with Gasteiger partial charge >= 0.3 is 22.8 Å². The van der Waals surface area contributed by atoms with E-state index >= 15 is 0 Å². The summed E-state index contributed by atoms with van der Waals surface area (Å²) in [6.45, 7) is 7.87. The number of hydrogen-bond acceptors (Lipinski definition) is 20. The summed E-state index contributed by atoms with van der Waals surface area (Å²) in [7, 11) is 6.01. The Morgan fingerprint density at radius 2 is 0.769 bits per heavy atom. The zero-order valence-electron chi connectivity index (χ0n) is 53.8. The summed E-state index contributed by atoms with van der Waals surface area (Å²) >= 11 is 9.66. The van der Waals surface area contributed by atoms with Crippen LogP contribution in [-0.4, -0.2) is 99.1 Å². The van der Waals surface area contributed by atoms with E-state index in [0.29, 0.717) is 79.3 Å². The summed E-state index contributed by atoms with van der Waals surface area (Å²) < 4.78 is 77.2. The molecule has 0 aliphatic heterocycles. The number of ether oxygens (including phenoxy) is 4. The number of para-hydroxylation sites is 4. The molecule has 8 heterocycles. The molecule has 91 heavy (non-hydrogen) atoms. The fourth-order valence-corrected chi connectivity index (χ4v) is 8.81. The Morgan fingerprint density at radius 1 is 0.429 bits per heavy atom. The minimum absolute atomic E-state index is 0.120. The first-order chi connectivity index (χ1) is 45.5. The van der Waals surface area contributed by atoms with Crippen molar-refractivity contribution >= 4 is 27.5 Å². The van der Waals surface area contributed by atoms with Gasteiger partial charge in [0.15, 0.2) is 0 Å². The highest BCUT2D eigenvalue weighted by atomic mass is 79.9. The Labute approximate surface area is 535 Å². The summed E-state index contributed by atoms with van der Waals surface area (Å²) in [6, 6.07) is 23.7. The molecule has 0 fully saturated rings. The Kier molecular flexibility index (Phi) is 19.2. The second-order valence-corrected chi connectivity index (χ2v) is 20.7. The van der Waals surface area contributed by atoms with Crippen molar-refractivity contribution in [2.24, 2.45) is 28.2 Å². The van der Waals surface area contributed by atoms with E-state index in [0.717, 1.165) is 67.7 Å². The van der Waals surface area contributed by atoms with Crippen molar-refractivity contribution < 1.29 is 28.8 Å². The second-order valence-electron chi connectivity index (χ2n) is 19.5. The lowest BCUT2D eigenvalue weighted by molar-refractivity contribution is 0.296. The van der Waals surface area contributed by atoms with E-state index in [4.69, 9.17) is 36.0 Å². The largest absolute Gasteiger partial charge is 0.489 e. The predicted molar refractivity (Wildman–Crippen MR) is 332 cm³/mol. The zero-order chi connectivity index (χ0) is 68.2. The van der Waals surface area contributed by atoms with Crippen molar-refractivity contribution in [2.45, 2.75) is 54.1 Å². The van der Waals surface area contributed by atoms with Crippen LogP contribution in [0.3, 0.4) is 0 Å². The highest BCUT2D eigenvalue weighted by molar-refractivity contribution is 9.10. The number of rotatable bonds is 16. The van der Waals surface area contributed by atoms with Gasteiger partial charge in [-0.25, -0.2) is 23.6 Å². The first-order valence-electron chi connectivity index (χ1n) is 29.1. The van der Waals surface area contributed by atoms with Gasteiger partial charge < -0.3 is 18.9 Å². The van der Waals surface area contributed by atoms with E-state index in [1.165, 1.54) is 56.1 Å². The quantitative estimate of drug-likeness (QED) is 0.0990. The van der Waals surface area contributed by atoms with Crippen molar-refractivity contribution in [1.82, 2.24) is 99.1 Å². The molecule has 12 rings (SSSR count). The predicted octanol–water partition coefficient (Wildman–Crippen LogP) is 6.55. The molecule has 31 heteroatoms. The fourth-order valence-electron chi connectivity index (χ4n) is 8.17. The molecule has 0 saturated heterocycles. The molecule has 0 aliphatic rings. The smallest absolute Gasteiger partial charge is 0.368 e. The van der Waals surface area contributed by atoms with Crippen molar-refractivity contribution in [2.75, 3.05) is 0 Å². The van der Waals surface area contributed by atoms with Crippen LogP contribution in [-0.2, 0) is 54.6 Å². The van der Waals surface area contributed by atoms with Crippen molar-refractivity contribution in [3.63, 3.8) is 0 Å². The Morgan fingerprint density at radius 3 is 1.18 bits per heavy atom. The molecule has 4 aromatic carbocycles. The van der Waals surface area contributed by atoms with Crippen molar-refractivity contribution in [1.29, 1.82) is 0 Å². The molecular formula is C60H57BrClFN20O8. The molecule has 0 radical (unpaired) electrons. The lowest BCUT2D eigenvalue weighted by atomic mass is 10.2. The minimum atomic E-state index is -0.611. The molecule has 28 nitrogen and oxygen atoms in total.